The summed E-state index contributed by atoms with van der Waals surface area (Å²) in [4.78, 5) is 45.0. The fourth-order valence-corrected chi connectivity index (χ4v) is 22.4. The van der Waals surface area contributed by atoms with Crippen molar-refractivity contribution in [2.24, 2.45) is 0 Å². The number of benzene rings is 20. The van der Waals surface area contributed by atoms with E-state index in [9.17, 15) is 0 Å². The van der Waals surface area contributed by atoms with Crippen LogP contribution in [0.15, 0.2) is 510 Å². The summed E-state index contributed by atoms with van der Waals surface area (Å²) >= 11 is 0. The normalized spacial score (nSPS) is 11.8. The largest absolute Gasteiger partial charge is 0.310 e. The monoisotopic (exact) mass is 1890 g/mol. The average Bonchev–Trinajstić information content (AvgIpc) is 1.56. The van der Waals surface area contributed by atoms with Crippen LogP contribution in [0, 0.1) is 0 Å². The molecular formula is C132H84N16. The molecule has 31 aromatic rings. The Hall–Kier alpha value is -20.4. The van der Waals surface area contributed by atoms with Gasteiger partial charge in [-0.05, 0) is 250 Å². The molecule has 0 atom stereocenters. The molecule has 0 spiro atoms. The first-order valence-electron chi connectivity index (χ1n) is 49.8. The number of rotatable bonds is 13. The Morgan fingerprint density at radius 1 is 0.169 bits per heavy atom. The van der Waals surface area contributed by atoms with Crippen molar-refractivity contribution in [2.45, 2.75) is 0 Å². The van der Waals surface area contributed by atoms with Crippen LogP contribution >= 0.6 is 0 Å². The predicted molar refractivity (Wildman–Crippen MR) is 609 cm³/mol. The number of aromatic nitrogens is 14. The van der Waals surface area contributed by atoms with E-state index in [0.29, 0.717) is 0 Å². The highest BCUT2D eigenvalue weighted by Crippen LogP contribution is 2.49. The first-order chi connectivity index (χ1) is 73.5. The molecule has 0 unspecified atom stereocenters. The summed E-state index contributed by atoms with van der Waals surface area (Å²) in [6, 6.07) is 173. The molecule has 16 nitrogen and oxygen atoms in total. The summed E-state index contributed by atoms with van der Waals surface area (Å²) < 4.78 is 13.7. The molecule has 0 saturated heterocycles. The van der Waals surface area contributed by atoms with Gasteiger partial charge < -0.3 is 9.80 Å². The molecule has 20 aromatic carbocycles. The van der Waals surface area contributed by atoms with Gasteiger partial charge in [0.25, 0.3) is 0 Å². The van der Waals surface area contributed by atoms with Crippen molar-refractivity contribution in [1.29, 1.82) is 0 Å². The molecule has 0 aliphatic rings. The van der Waals surface area contributed by atoms with E-state index in [0.717, 1.165) is 195 Å². The molecule has 16 heteroatoms. The van der Waals surface area contributed by atoms with Crippen molar-refractivity contribution in [1.82, 2.24) is 66.8 Å². The Bertz CT molecular complexity index is 10100. The molecular weight excluding hydrogens is 1810 g/mol. The second-order valence-corrected chi connectivity index (χ2v) is 37.4. The third kappa shape index (κ3) is 13.8. The molecule has 0 aliphatic heterocycles. The molecule has 0 radical (unpaired) electrons. The van der Waals surface area contributed by atoms with Gasteiger partial charge in [0, 0.05) is 118 Å². The van der Waals surface area contributed by atoms with Crippen LogP contribution in [0.2, 0.25) is 0 Å². The van der Waals surface area contributed by atoms with E-state index >= 15 is 0 Å². The average molecular weight is 1890 g/mol. The highest BCUT2D eigenvalue weighted by molar-refractivity contribution is 6.24. The number of imidazole rings is 3. The fraction of sp³-hybridized carbons (Fsp3) is 0. The molecule has 148 heavy (non-hydrogen) atoms. The highest BCUT2D eigenvalue weighted by Gasteiger charge is 2.29. The summed E-state index contributed by atoms with van der Waals surface area (Å²) in [6.07, 6.45) is 5.52. The van der Waals surface area contributed by atoms with Crippen LogP contribution < -0.4 is 9.80 Å². The summed E-state index contributed by atoms with van der Waals surface area (Å²) in [5, 5.41) is 14.8. The molecule has 11 aromatic heterocycles. The molecule has 0 aliphatic carbocycles. The maximum atomic E-state index is 5.44. The Morgan fingerprint density at radius 2 is 0.466 bits per heavy atom. The van der Waals surface area contributed by atoms with E-state index in [1.807, 2.05) is 85.3 Å². The summed E-state index contributed by atoms with van der Waals surface area (Å²) in [5.74, 6) is 2.44. The second kappa shape index (κ2) is 34.8. The van der Waals surface area contributed by atoms with Gasteiger partial charge in [-0.25, -0.2) is 29.9 Å². The number of fused-ring (bicyclic) bond motifs is 28. The van der Waals surface area contributed by atoms with Gasteiger partial charge in [-0.3, -0.25) is 36.9 Å². The van der Waals surface area contributed by atoms with Gasteiger partial charge in [0.1, 0.15) is 16.9 Å². The van der Waals surface area contributed by atoms with Crippen LogP contribution in [-0.2, 0) is 0 Å². The lowest BCUT2D eigenvalue weighted by atomic mass is 9.94. The number of pyridine rings is 2. The predicted octanol–water partition coefficient (Wildman–Crippen LogP) is 33.1. The molecule has 0 saturated carbocycles. The Kier molecular flexibility index (Phi) is 19.9. The van der Waals surface area contributed by atoms with E-state index in [2.05, 4.69) is 471 Å². The van der Waals surface area contributed by atoms with E-state index in [-0.39, 0.29) is 0 Å². The molecule has 0 N–H and O–H groups in total. The summed E-state index contributed by atoms with van der Waals surface area (Å²) in [7, 11) is 0. The maximum Gasteiger partial charge on any atom is 0.221 e. The first kappa shape index (κ1) is 84.5. The highest BCUT2D eigenvalue weighted by atomic mass is 15.3. The van der Waals surface area contributed by atoms with Gasteiger partial charge >= 0.3 is 0 Å². The van der Waals surface area contributed by atoms with Crippen molar-refractivity contribution in [2.75, 3.05) is 9.80 Å². The van der Waals surface area contributed by atoms with Crippen molar-refractivity contribution < 1.29 is 0 Å². The zero-order valence-electron chi connectivity index (χ0n) is 79.7. The lowest BCUT2D eigenvalue weighted by Crippen LogP contribution is -2.10. The molecule has 31 rings (SSSR count). The number of hydrogen-bond donors (Lipinski definition) is 0. The molecule has 0 fully saturated rings. The second-order valence-electron chi connectivity index (χ2n) is 37.4. The zero-order chi connectivity index (χ0) is 97.4. The maximum absolute atomic E-state index is 5.44. The SMILES string of the molecule is c1ccc(-c2ccc(-c3cc4c5ccccc5n(-c5nc6ccccc6c6nc7ccccc7n56)c4c4ccccc34)cc2)nc1.c1ccc(N(c2ccccc2)c2ccc3c(c2)c2cc(N(c4ccccc4)c4ccccc4)ccc2n3-c2nc3ccccc3c3nc4ccccc4n23)cc1.c1ccc2c(c1)nc(-n1c3ccccc3c3cc(-c4ccc(-c5ccncc5)cc4)c4ccccc4c31)n1c3ccccc3nc21. The van der Waals surface area contributed by atoms with Crippen LogP contribution in [-0.4, -0.2) is 66.8 Å². The standard InChI is InChI=1S/C50H34N6.2C41H25N5/c1-5-17-35(18-6-1)53(36-19-7-2-8-20-36)39-29-31-46-42(33-39)43-34-40(54(37-21-9-3-10-22-37)38-23-11-4-12-24-38)30-32-47(43)55(46)50-52-44-26-14-13-25-41(44)49-51-45-27-15-16-28-48(45)56(49)50;1-2-13-30-28(11-1)32(26-20-22-27(23-21-26)34-15-9-10-24-42-34)25-33-29-12-4-7-18-37(29)45(39(30)33)41-44-35-16-5-3-14-31(35)40-43-36-17-6-8-19-38(36)46(40)41;1-2-11-31-29(9-1)33(28-19-17-26(18-20-28)27-21-23-42-24-22-27)25-34-30-10-4-7-15-37(30)45(39(31)34)41-44-35-13-5-3-12-32(35)40-43-36-14-6-8-16-38(36)46(40)41/h1-34H;2*1-25H. The third-order valence-electron chi connectivity index (χ3n) is 29.0. The summed E-state index contributed by atoms with van der Waals surface area (Å²) in [5.41, 5.74) is 33.5. The van der Waals surface area contributed by atoms with Crippen molar-refractivity contribution >= 4 is 204 Å². The first-order valence-corrected chi connectivity index (χ1v) is 49.8. The van der Waals surface area contributed by atoms with Gasteiger partial charge in [0.2, 0.25) is 17.8 Å². The molecule has 0 amide bonds. The number of para-hydroxylation sites is 15. The molecule has 11 heterocycles. The van der Waals surface area contributed by atoms with Crippen molar-refractivity contribution in [3.8, 4) is 62.5 Å². The number of hydrogen-bond acceptors (Lipinski definition) is 10. The minimum Gasteiger partial charge on any atom is -0.310 e. The smallest absolute Gasteiger partial charge is 0.221 e. The van der Waals surface area contributed by atoms with E-state index < -0.39 is 0 Å². The van der Waals surface area contributed by atoms with Crippen LogP contribution in [0.5, 0.6) is 0 Å². The van der Waals surface area contributed by atoms with Gasteiger partial charge in [-0.15, -0.1) is 0 Å². The third-order valence-corrected chi connectivity index (χ3v) is 29.0. The minimum atomic E-state index is 0.791. The summed E-state index contributed by atoms with van der Waals surface area (Å²) in [6.45, 7) is 0. The van der Waals surface area contributed by atoms with Crippen LogP contribution in [0.4, 0.5) is 34.1 Å². The fourth-order valence-electron chi connectivity index (χ4n) is 22.4. The number of anilines is 6. The molecule has 692 valence electrons. The lowest BCUT2D eigenvalue weighted by molar-refractivity contribution is 0.979. The topological polar surface area (TPSA) is 138 Å². The van der Waals surface area contributed by atoms with Gasteiger partial charge in [0.05, 0.1) is 88.4 Å². The van der Waals surface area contributed by atoms with Gasteiger partial charge in [-0.2, -0.15) is 0 Å². The van der Waals surface area contributed by atoms with Crippen molar-refractivity contribution in [3.63, 3.8) is 0 Å². The minimum absolute atomic E-state index is 0.791. The Balaban J connectivity index is 0.000000105. The van der Waals surface area contributed by atoms with Crippen molar-refractivity contribution in [3.05, 3.63) is 510 Å². The molecule has 0 bridgehead atoms. The van der Waals surface area contributed by atoms with Crippen LogP contribution in [0.3, 0.4) is 0 Å². The Morgan fingerprint density at radius 3 is 0.845 bits per heavy atom. The Labute approximate surface area is 847 Å². The lowest BCUT2D eigenvalue weighted by Gasteiger charge is -2.26. The van der Waals surface area contributed by atoms with Gasteiger partial charge in [0.15, 0.2) is 0 Å². The van der Waals surface area contributed by atoms with E-state index in [1.54, 1.807) is 0 Å². The van der Waals surface area contributed by atoms with E-state index in [4.69, 9.17) is 29.9 Å². The van der Waals surface area contributed by atoms with Gasteiger partial charge in [-0.1, -0.05) is 285 Å². The van der Waals surface area contributed by atoms with E-state index in [1.165, 1.54) is 70.9 Å². The quantitative estimate of drug-likeness (QED) is 0.110. The number of nitrogens with zero attached hydrogens (tertiary/aromatic N) is 16. The van der Waals surface area contributed by atoms with Crippen LogP contribution in [0.1, 0.15) is 0 Å². The zero-order valence-corrected chi connectivity index (χ0v) is 79.7. The van der Waals surface area contributed by atoms with Crippen LogP contribution in [0.25, 0.3) is 232 Å².